The van der Waals surface area contributed by atoms with Crippen LogP contribution in [0.1, 0.15) is 37.3 Å². The molecule has 2 heterocycles. The molecule has 0 saturated carbocycles. The van der Waals surface area contributed by atoms with E-state index in [2.05, 4.69) is 6.92 Å². The summed E-state index contributed by atoms with van der Waals surface area (Å²) < 4.78 is 44.2. The van der Waals surface area contributed by atoms with Gasteiger partial charge in [-0.05, 0) is 65.1 Å². The number of phenols is 1. The molecule has 2 aliphatic heterocycles. The van der Waals surface area contributed by atoms with Crippen LogP contribution in [0.4, 0.5) is 0 Å². The lowest BCUT2D eigenvalue weighted by atomic mass is 9.83. The number of ether oxygens (including phenoxy) is 2. The van der Waals surface area contributed by atoms with Crippen molar-refractivity contribution in [2.45, 2.75) is 43.6 Å². The Hall–Kier alpha value is -3.00. The number of rotatable bonds is 9. The van der Waals surface area contributed by atoms with E-state index in [4.69, 9.17) is 25.3 Å². The minimum absolute atomic E-state index is 0.161. The summed E-state index contributed by atoms with van der Waals surface area (Å²) in [6.45, 7) is 2.76. The summed E-state index contributed by atoms with van der Waals surface area (Å²) >= 11 is 6.02. The molecular formula is C28H27ClO6S. The van der Waals surface area contributed by atoms with Crippen LogP contribution in [0, 0.1) is 0 Å². The SMILES string of the molecule is CCCCOc1ccc(C2=C(c3ccc(O)cc3)[C@@H]3C[C@@H](S(=O)(=O)Oc4cccc(Cl)c4)[C@H]2O3)cc1. The fraction of sp³-hybridized carbons (Fsp3) is 0.286. The normalized spacial score (nSPS) is 21.1. The summed E-state index contributed by atoms with van der Waals surface area (Å²) in [4.78, 5) is 0. The topological polar surface area (TPSA) is 82.1 Å². The van der Waals surface area contributed by atoms with E-state index in [0.29, 0.717) is 11.6 Å². The molecule has 3 aromatic rings. The van der Waals surface area contributed by atoms with Crippen molar-refractivity contribution in [3.63, 3.8) is 0 Å². The molecule has 1 N–H and O–H groups in total. The lowest BCUT2D eigenvalue weighted by Gasteiger charge is -2.25. The summed E-state index contributed by atoms with van der Waals surface area (Å²) in [5, 5.41) is 9.29. The maximum Gasteiger partial charge on any atom is 0.315 e. The molecule has 5 rings (SSSR count). The zero-order valence-corrected chi connectivity index (χ0v) is 21.3. The van der Waals surface area contributed by atoms with Gasteiger partial charge in [-0.25, -0.2) is 0 Å². The molecule has 0 aliphatic carbocycles. The Morgan fingerprint density at radius 2 is 1.67 bits per heavy atom. The Morgan fingerprint density at radius 1 is 0.972 bits per heavy atom. The van der Waals surface area contributed by atoms with Gasteiger partial charge in [0.05, 0.1) is 12.7 Å². The molecule has 6 nitrogen and oxygen atoms in total. The van der Waals surface area contributed by atoms with Crippen LogP contribution in [-0.4, -0.2) is 37.6 Å². The van der Waals surface area contributed by atoms with Gasteiger partial charge < -0.3 is 18.8 Å². The molecular weight excluding hydrogens is 500 g/mol. The Morgan fingerprint density at radius 3 is 2.36 bits per heavy atom. The average molecular weight is 527 g/mol. The highest BCUT2D eigenvalue weighted by atomic mass is 35.5. The molecule has 1 saturated heterocycles. The first-order chi connectivity index (χ1) is 17.4. The van der Waals surface area contributed by atoms with Gasteiger partial charge in [0.1, 0.15) is 28.6 Å². The van der Waals surface area contributed by atoms with Crippen molar-refractivity contribution in [1.82, 2.24) is 0 Å². The Bertz CT molecular complexity index is 1370. The molecule has 8 heteroatoms. The smallest absolute Gasteiger partial charge is 0.315 e. The van der Waals surface area contributed by atoms with Gasteiger partial charge in [-0.15, -0.1) is 0 Å². The van der Waals surface area contributed by atoms with Crippen LogP contribution in [0.15, 0.2) is 72.8 Å². The van der Waals surface area contributed by atoms with Crippen LogP contribution in [-0.2, 0) is 14.9 Å². The van der Waals surface area contributed by atoms with Crippen LogP contribution >= 0.6 is 11.6 Å². The van der Waals surface area contributed by atoms with E-state index in [1.165, 1.54) is 6.07 Å². The molecule has 0 radical (unpaired) electrons. The second-order valence-corrected chi connectivity index (χ2v) is 11.1. The highest BCUT2D eigenvalue weighted by Crippen LogP contribution is 2.51. The van der Waals surface area contributed by atoms with E-state index in [1.807, 2.05) is 36.4 Å². The number of unbranched alkanes of at least 4 members (excludes halogenated alkanes) is 1. The summed E-state index contributed by atoms with van der Waals surface area (Å²) in [5.41, 5.74) is 3.47. The van der Waals surface area contributed by atoms with E-state index < -0.39 is 27.6 Å². The van der Waals surface area contributed by atoms with Crippen LogP contribution < -0.4 is 8.92 Å². The molecule has 2 aliphatic rings. The van der Waals surface area contributed by atoms with Crippen molar-refractivity contribution in [3.05, 3.63) is 88.9 Å². The predicted molar refractivity (Wildman–Crippen MR) is 140 cm³/mol. The molecule has 0 aromatic heterocycles. The van der Waals surface area contributed by atoms with Crippen molar-refractivity contribution >= 4 is 32.9 Å². The first kappa shape index (κ1) is 24.7. The number of fused-ring (bicyclic) bond motifs is 2. The Balaban J connectivity index is 1.50. The largest absolute Gasteiger partial charge is 0.508 e. The third kappa shape index (κ3) is 4.96. The van der Waals surface area contributed by atoms with E-state index in [-0.39, 0.29) is 17.9 Å². The quantitative estimate of drug-likeness (QED) is 0.268. The van der Waals surface area contributed by atoms with Crippen molar-refractivity contribution in [2.24, 2.45) is 0 Å². The van der Waals surface area contributed by atoms with Gasteiger partial charge in [-0.3, -0.25) is 0 Å². The number of phenolic OH excluding ortho intramolecular Hbond substituents is 1. The van der Waals surface area contributed by atoms with Crippen molar-refractivity contribution in [3.8, 4) is 17.2 Å². The lowest BCUT2D eigenvalue weighted by Crippen LogP contribution is -2.35. The van der Waals surface area contributed by atoms with Crippen LogP contribution in [0.25, 0.3) is 11.1 Å². The third-order valence-electron chi connectivity index (χ3n) is 6.48. The summed E-state index contributed by atoms with van der Waals surface area (Å²) in [7, 11) is -4.02. The number of hydrogen-bond acceptors (Lipinski definition) is 6. The fourth-order valence-corrected chi connectivity index (χ4v) is 6.36. The highest BCUT2D eigenvalue weighted by Gasteiger charge is 2.53. The van der Waals surface area contributed by atoms with Gasteiger partial charge in [0.25, 0.3) is 0 Å². The highest BCUT2D eigenvalue weighted by molar-refractivity contribution is 7.87. The molecule has 36 heavy (non-hydrogen) atoms. The second-order valence-electron chi connectivity index (χ2n) is 8.95. The molecule has 1 fully saturated rings. The summed E-state index contributed by atoms with van der Waals surface area (Å²) in [6, 6.07) is 20.9. The van der Waals surface area contributed by atoms with E-state index >= 15 is 0 Å². The number of halogens is 1. The van der Waals surface area contributed by atoms with E-state index in [1.54, 1.807) is 30.3 Å². The van der Waals surface area contributed by atoms with Gasteiger partial charge in [0.15, 0.2) is 0 Å². The summed E-state index contributed by atoms with van der Waals surface area (Å²) in [5.74, 6) is 1.09. The second kappa shape index (κ2) is 10.2. The molecule has 0 spiro atoms. The van der Waals surface area contributed by atoms with Gasteiger partial charge in [-0.2, -0.15) is 8.42 Å². The Labute approximate surface area is 216 Å². The fourth-order valence-electron chi connectivity index (χ4n) is 4.77. The predicted octanol–water partition coefficient (Wildman–Crippen LogP) is 6.08. The van der Waals surface area contributed by atoms with Gasteiger partial charge in [-0.1, -0.05) is 55.3 Å². The zero-order chi connectivity index (χ0) is 25.3. The van der Waals surface area contributed by atoms with Crippen molar-refractivity contribution < 1.29 is 27.2 Å². The average Bonchev–Trinajstić information content (AvgIpc) is 3.45. The first-order valence-corrected chi connectivity index (χ1v) is 13.8. The van der Waals surface area contributed by atoms with E-state index in [9.17, 15) is 13.5 Å². The molecule has 2 bridgehead atoms. The Kier molecular flexibility index (Phi) is 6.97. The third-order valence-corrected chi connectivity index (χ3v) is 8.32. The van der Waals surface area contributed by atoms with Crippen LogP contribution in [0.5, 0.6) is 17.2 Å². The minimum atomic E-state index is -4.02. The maximum absolute atomic E-state index is 13.3. The van der Waals surface area contributed by atoms with Gasteiger partial charge in [0, 0.05) is 17.5 Å². The zero-order valence-electron chi connectivity index (χ0n) is 19.8. The molecule has 0 unspecified atom stereocenters. The number of aromatic hydroxyl groups is 1. The number of hydrogen-bond donors (Lipinski definition) is 1. The monoisotopic (exact) mass is 526 g/mol. The van der Waals surface area contributed by atoms with Gasteiger partial charge in [0.2, 0.25) is 0 Å². The van der Waals surface area contributed by atoms with Gasteiger partial charge >= 0.3 is 10.1 Å². The maximum atomic E-state index is 13.3. The molecule has 3 atom stereocenters. The van der Waals surface area contributed by atoms with Crippen molar-refractivity contribution in [1.29, 1.82) is 0 Å². The minimum Gasteiger partial charge on any atom is -0.508 e. The van der Waals surface area contributed by atoms with Crippen LogP contribution in [0.2, 0.25) is 5.02 Å². The molecule has 188 valence electrons. The number of benzene rings is 3. The van der Waals surface area contributed by atoms with Crippen LogP contribution in [0.3, 0.4) is 0 Å². The van der Waals surface area contributed by atoms with Crippen molar-refractivity contribution in [2.75, 3.05) is 6.61 Å². The van der Waals surface area contributed by atoms with E-state index in [0.717, 1.165) is 40.9 Å². The lowest BCUT2D eigenvalue weighted by molar-refractivity contribution is 0.128. The molecule has 0 amide bonds. The molecule has 3 aromatic carbocycles. The summed E-state index contributed by atoms with van der Waals surface area (Å²) in [6.07, 6.45) is 1.18. The first-order valence-electron chi connectivity index (χ1n) is 12.0. The standard InChI is InChI=1S/C28H27ClO6S/c1-2-3-15-33-22-13-9-19(10-14-22)27-26(18-7-11-21(30)12-8-18)24-17-25(28(27)34-24)36(31,32)35-23-6-4-5-20(29)16-23/h4-14,16,24-25,28,30H,2-3,15,17H2,1H3/t24-,25+,28+/m0/s1.